The Bertz CT molecular complexity index is 1130. The molecule has 2 N–H and O–H groups in total. The average Bonchev–Trinajstić information content (AvgIpc) is 2.73. The standard InChI is InChI=1S/C23H23FN2O4S/c24-21-4-6-22(7-5-21)31(29,30)26-11-9-18-12-17(3-8-23(27)28)13-20(14-18)15-19-2-1-10-25-16-19/h1-2,4-7,10,12-14,16,26H,3,8-9,11,15H2,(H,27,28). The molecule has 0 aliphatic rings. The molecule has 0 radical (unpaired) electrons. The van der Waals surface area contributed by atoms with Crippen molar-refractivity contribution < 1.29 is 22.7 Å². The minimum absolute atomic E-state index is 0.00127. The van der Waals surface area contributed by atoms with Crippen molar-refractivity contribution in [1.29, 1.82) is 0 Å². The molecule has 1 heterocycles. The predicted molar refractivity (Wildman–Crippen MR) is 115 cm³/mol. The maximum absolute atomic E-state index is 13.0. The van der Waals surface area contributed by atoms with Crippen molar-refractivity contribution in [2.45, 2.75) is 30.6 Å². The van der Waals surface area contributed by atoms with Crippen LogP contribution in [0, 0.1) is 5.82 Å². The number of halogens is 1. The fraction of sp³-hybridized carbons (Fsp3) is 0.217. The zero-order valence-corrected chi connectivity index (χ0v) is 17.6. The summed E-state index contributed by atoms with van der Waals surface area (Å²) in [4.78, 5) is 15.1. The average molecular weight is 443 g/mol. The second-order valence-electron chi connectivity index (χ2n) is 7.19. The lowest BCUT2D eigenvalue weighted by Gasteiger charge is -2.11. The first-order valence-electron chi connectivity index (χ1n) is 9.79. The van der Waals surface area contributed by atoms with E-state index in [2.05, 4.69) is 9.71 Å². The van der Waals surface area contributed by atoms with Crippen LogP contribution in [-0.2, 0) is 34.1 Å². The van der Waals surface area contributed by atoms with Crippen molar-refractivity contribution in [1.82, 2.24) is 9.71 Å². The molecular formula is C23H23FN2O4S. The Labute approximate surface area is 180 Å². The van der Waals surface area contributed by atoms with E-state index in [-0.39, 0.29) is 17.9 Å². The summed E-state index contributed by atoms with van der Waals surface area (Å²) in [6.07, 6.45) is 4.97. The van der Waals surface area contributed by atoms with Gasteiger partial charge in [-0.3, -0.25) is 9.78 Å². The number of aromatic nitrogens is 1. The molecule has 8 heteroatoms. The number of rotatable bonds is 10. The molecule has 162 valence electrons. The first kappa shape index (κ1) is 22.6. The summed E-state index contributed by atoms with van der Waals surface area (Å²) in [6.45, 7) is 0.161. The molecular weight excluding hydrogens is 419 g/mol. The zero-order chi connectivity index (χ0) is 22.3. The summed E-state index contributed by atoms with van der Waals surface area (Å²) in [5.74, 6) is -1.37. The Morgan fingerprint density at radius 1 is 0.968 bits per heavy atom. The number of benzene rings is 2. The Kier molecular flexibility index (Phi) is 7.49. The van der Waals surface area contributed by atoms with E-state index in [1.54, 1.807) is 12.4 Å². The fourth-order valence-corrected chi connectivity index (χ4v) is 4.28. The number of nitrogens with one attached hydrogen (secondary N) is 1. The Balaban J connectivity index is 1.72. The minimum atomic E-state index is -3.74. The molecule has 0 fully saturated rings. The molecule has 6 nitrogen and oxygen atoms in total. The first-order valence-corrected chi connectivity index (χ1v) is 11.3. The number of hydrogen-bond donors (Lipinski definition) is 2. The van der Waals surface area contributed by atoms with E-state index in [1.165, 1.54) is 12.1 Å². The Morgan fingerprint density at radius 3 is 2.29 bits per heavy atom. The SMILES string of the molecule is O=C(O)CCc1cc(CCNS(=O)(=O)c2ccc(F)cc2)cc(Cc2cccnc2)c1. The molecule has 0 saturated carbocycles. The molecule has 0 spiro atoms. The van der Waals surface area contributed by atoms with Gasteiger partial charge in [0.05, 0.1) is 4.90 Å². The van der Waals surface area contributed by atoms with Crippen LogP contribution in [0.3, 0.4) is 0 Å². The third-order valence-corrected chi connectivity index (χ3v) is 6.18. The maximum Gasteiger partial charge on any atom is 0.303 e. The number of nitrogens with zero attached hydrogens (tertiary/aromatic N) is 1. The van der Waals surface area contributed by atoms with Gasteiger partial charge in [0.15, 0.2) is 0 Å². The number of pyridine rings is 1. The number of hydrogen-bond acceptors (Lipinski definition) is 4. The number of carboxylic acids is 1. The largest absolute Gasteiger partial charge is 0.481 e. The molecule has 0 saturated heterocycles. The van der Waals surface area contributed by atoms with Crippen LogP contribution in [0.5, 0.6) is 0 Å². The lowest BCUT2D eigenvalue weighted by atomic mass is 9.97. The quantitative estimate of drug-likeness (QED) is 0.502. The summed E-state index contributed by atoms with van der Waals surface area (Å²) >= 11 is 0. The summed E-state index contributed by atoms with van der Waals surface area (Å²) in [6, 6.07) is 14.3. The molecule has 2 aromatic carbocycles. The van der Waals surface area contributed by atoms with Gasteiger partial charge in [-0.15, -0.1) is 0 Å². The van der Waals surface area contributed by atoms with E-state index in [0.717, 1.165) is 34.4 Å². The highest BCUT2D eigenvalue weighted by Crippen LogP contribution is 2.17. The van der Waals surface area contributed by atoms with Gasteiger partial charge < -0.3 is 5.11 Å². The van der Waals surface area contributed by atoms with E-state index in [4.69, 9.17) is 5.11 Å². The van der Waals surface area contributed by atoms with E-state index >= 15 is 0 Å². The van der Waals surface area contributed by atoms with Gasteiger partial charge in [0.25, 0.3) is 0 Å². The highest BCUT2D eigenvalue weighted by atomic mass is 32.2. The van der Waals surface area contributed by atoms with Crippen LogP contribution in [0.1, 0.15) is 28.7 Å². The molecule has 3 rings (SSSR count). The van der Waals surface area contributed by atoms with Crippen LogP contribution in [0.4, 0.5) is 4.39 Å². The summed E-state index contributed by atoms with van der Waals surface area (Å²) < 4.78 is 40.3. The second-order valence-corrected chi connectivity index (χ2v) is 8.96. The summed E-state index contributed by atoms with van der Waals surface area (Å²) in [5, 5.41) is 9.00. The van der Waals surface area contributed by atoms with E-state index in [0.29, 0.717) is 19.3 Å². The van der Waals surface area contributed by atoms with Crippen LogP contribution in [0.25, 0.3) is 0 Å². The van der Waals surface area contributed by atoms with Crippen molar-refractivity contribution in [3.05, 3.63) is 95.1 Å². The van der Waals surface area contributed by atoms with E-state index < -0.39 is 21.8 Å². The van der Waals surface area contributed by atoms with Crippen LogP contribution in [-0.4, -0.2) is 31.0 Å². The predicted octanol–water partition coefficient (Wildman–Crippen LogP) is 3.35. The number of sulfonamides is 1. The maximum atomic E-state index is 13.0. The topological polar surface area (TPSA) is 96.4 Å². The third kappa shape index (κ3) is 6.97. The molecule has 0 aliphatic heterocycles. The van der Waals surface area contributed by atoms with Gasteiger partial charge in [0.1, 0.15) is 5.82 Å². The molecule has 31 heavy (non-hydrogen) atoms. The van der Waals surface area contributed by atoms with Gasteiger partial charge in [0.2, 0.25) is 10.0 Å². The number of carboxylic acid groups (broad SMARTS) is 1. The second kappa shape index (κ2) is 10.3. The molecule has 0 atom stereocenters. The van der Waals surface area contributed by atoms with Crippen LogP contribution < -0.4 is 4.72 Å². The summed E-state index contributed by atoms with van der Waals surface area (Å²) in [7, 11) is -3.74. The zero-order valence-electron chi connectivity index (χ0n) is 16.8. The Morgan fingerprint density at radius 2 is 1.65 bits per heavy atom. The first-order chi connectivity index (χ1) is 14.8. The highest BCUT2D eigenvalue weighted by Gasteiger charge is 2.13. The molecule has 0 amide bonds. The van der Waals surface area contributed by atoms with Crippen molar-refractivity contribution in [2.75, 3.05) is 6.54 Å². The van der Waals surface area contributed by atoms with Gasteiger partial charge in [0, 0.05) is 25.4 Å². The Hall–Kier alpha value is -3.10. The molecule has 3 aromatic rings. The van der Waals surface area contributed by atoms with Crippen molar-refractivity contribution in [3.63, 3.8) is 0 Å². The monoisotopic (exact) mass is 442 g/mol. The van der Waals surface area contributed by atoms with Gasteiger partial charge in [-0.2, -0.15) is 0 Å². The van der Waals surface area contributed by atoms with Gasteiger partial charge in [-0.1, -0.05) is 24.3 Å². The van der Waals surface area contributed by atoms with Gasteiger partial charge >= 0.3 is 5.97 Å². The molecule has 1 aromatic heterocycles. The van der Waals surface area contributed by atoms with Gasteiger partial charge in [-0.25, -0.2) is 17.5 Å². The lowest BCUT2D eigenvalue weighted by Crippen LogP contribution is -2.26. The van der Waals surface area contributed by atoms with Crippen molar-refractivity contribution in [2.24, 2.45) is 0 Å². The number of aliphatic carboxylic acids is 1. The fourth-order valence-electron chi connectivity index (χ4n) is 3.25. The minimum Gasteiger partial charge on any atom is -0.481 e. The highest BCUT2D eigenvalue weighted by molar-refractivity contribution is 7.89. The molecule has 0 unspecified atom stereocenters. The number of carbonyl (C=O) groups is 1. The van der Waals surface area contributed by atoms with Crippen LogP contribution in [0.15, 0.2) is 71.9 Å². The molecule has 0 bridgehead atoms. The smallest absolute Gasteiger partial charge is 0.303 e. The van der Waals surface area contributed by atoms with Gasteiger partial charge in [-0.05, 0) is 71.8 Å². The van der Waals surface area contributed by atoms with E-state index in [9.17, 15) is 17.6 Å². The third-order valence-electron chi connectivity index (χ3n) is 4.70. The van der Waals surface area contributed by atoms with Crippen LogP contribution >= 0.6 is 0 Å². The summed E-state index contributed by atoms with van der Waals surface area (Å²) in [5.41, 5.74) is 3.83. The lowest BCUT2D eigenvalue weighted by molar-refractivity contribution is -0.136. The van der Waals surface area contributed by atoms with Crippen LogP contribution in [0.2, 0.25) is 0 Å². The molecule has 0 aliphatic carbocycles. The van der Waals surface area contributed by atoms with Crippen molar-refractivity contribution in [3.8, 4) is 0 Å². The van der Waals surface area contributed by atoms with Crippen molar-refractivity contribution >= 4 is 16.0 Å². The normalized spacial score (nSPS) is 11.4. The number of aryl methyl sites for hydroxylation is 1. The van der Waals surface area contributed by atoms with E-state index in [1.807, 2.05) is 30.3 Å².